The van der Waals surface area contributed by atoms with E-state index in [0.717, 1.165) is 65.8 Å². The van der Waals surface area contributed by atoms with E-state index in [9.17, 15) is 68.7 Å². The molecule has 0 aliphatic rings. The number of carbonyl (C=O) groups excluding carboxylic acids is 8. The SMILES string of the molecule is COC(=O)c1cc(-c2ccc(C)cc2)cc(C(O)c2nccs2)c1.COC(=O)c1cc(Br)cc(C(=O)OC)c1.COC(=O)c1cc(Br)cc(C(O)c2nccs2)c1.COC(=O)c1cc(Br)cc(C=O)c1.COC(=O)c1cc(Br)cc(CO)c1.Cc1ccc(-c2cc(C(=O)N[C@H](C)c3ccc(C)nc3)cc(C(O)c3nccs3)c2)cc1.Cc1ccc(-c2cc(C(=O)O)cc(C(O)c3nccs3)c2)cc1. The van der Waals surface area contributed by atoms with Crippen LogP contribution in [0.2, 0.25) is 0 Å². The third-order valence-corrected chi connectivity index (χ3v) is 25.0. The molecule has 15 aromatic rings. The van der Waals surface area contributed by atoms with Crippen LogP contribution in [0.25, 0.3) is 33.4 Å². The van der Waals surface area contributed by atoms with E-state index in [1.807, 2.05) is 155 Å². The number of aryl methyl sites for hydroxylation is 4. The van der Waals surface area contributed by atoms with Gasteiger partial charge in [-0.1, -0.05) is 159 Å². The summed E-state index contributed by atoms with van der Waals surface area (Å²) >= 11 is 18.4. The minimum atomic E-state index is -1.02. The van der Waals surface area contributed by atoms with E-state index in [2.05, 4.69) is 118 Å². The number of carboxylic acids is 1. The number of aromatic carboxylic acids is 1. The Morgan fingerprint density at radius 2 is 0.652 bits per heavy atom. The van der Waals surface area contributed by atoms with Crippen LogP contribution in [0.4, 0.5) is 0 Å². The quantitative estimate of drug-likeness (QED) is 0.0178. The molecule has 138 heavy (non-hydrogen) atoms. The highest BCUT2D eigenvalue weighted by Crippen LogP contribution is 2.36. The number of aliphatic hydroxyl groups excluding tert-OH is 5. The second-order valence-corrected chi connectivity index (χ2v) is 37.2. The minimum Gasteiger partial charge on any atom is -0.478 e. The van der Waals surface area contributed by atoms with E-state index < -0.39 is 66.2 Å². The van der Waals surface area contributed by atoms with Gasteiger partial charge in [0.15, 0.2) is 0 Å². The molecule has 1 amide bonds. The normalized spacial score (nSPS) is 11.5. The van der Waals surface area contributed by atoms with Crippen LogP contribution in [-0.2, 0) is 35.0 Å². The molecule has 5 atom stereocenters. The molecule has 0 fully saturated rings. The first-order chi connectivity index (χ1) is 66.1. The van der Waals surface area contributed by atoms with Crippen molar-refractivity contribution in [3.63, 3.8) is 0 Å². The Kier molecular flexibility index (Phi) is 42.3. The van der Waals surface area contributed by atoms with E-state index in [1.54, 1.807) is 127 Å². The standard InChI is InChI=1S/C26H25N3O2S.C19H17NO3S.C18H15NO3S.C12H10BrNO3S.C10H9BrO4.C9H9BrO3.C9H7BrO3/c1-16-4-7-19(8-5-16)21-12-22(24(30)26-27-10-11-32-26)14-23(13-21)25(31)29-18(3)20-9-6-17(2)28-15-20;1-12-3-5-13(6-4-12)14-9-15(11-16(10-14)19(22)23-2)17(21)18-20-7-8-24-18;1-11-2-4-12(5-3-11)13-8-14(10-15(9-13)18(21)22)16(20)17-19-6-7-23-17;1-17-12(16)8-4-7(5-9(13)6-8)10(15)11-14-2-3-18-11;1-14-9(12)6-3-7(10(13)15-2)5-8(11)4-6;2*1-13-9(12)7-2-6(5-11)3-8(10)4-7/h4-15,18,24,30H,1-3H3,(H,29,31);3-11,17,21H,1-2H3;2-10,16,20H,1H3,(H,21,22);2-6,10,15H,1H3;3-5H,1-2H3;2-4,11H,5H2,1H3;2-5H,1H3/t18-,24?;;;;;;/m1....../s1. The first-order valence-corrected chi connectivity index (χ1v) is 48.0. The fraction of sp³-hybridized carbons (Fsp3) is 0.165. The predicted octanol–water partition coefficient (Wildman–Crippen LogP) is 21.9. The lowest BCUT2D eigenvalue weighted by molar-refractivity contribution is 0.0584. The maximum Gasteiger partial charge on any atom is 0.337 e. The van der Waals surface area contributed by atoms with E-state index >= 15 is 0 Å². The van der Waals surface area contributed by atoms with Crippen LogP contribution in [0.15, 0.2) is 283 Å². The fourth-order valence-corrected chi connectivity index (χ4v) is 17.4. The highest BCUT2D eigenvalue weighted by Gasteiger charge is 2.25. The first-order valence-electron chi connectivity index (χ1n) is 41.3. The number of benzene rings is 10. The van der Waals surface area contributed by atoms with Gasteiger partial charge in [0.25, 0.3) is 5.91 Å². The molecule has 10 aromatic carbocycles. The highest BCUT2D eigenvalue weighted by molar-refractivity contribution is 9.11. The number of hydrogen-bond acceptors (Lipinski definition) is 29. The summed E-state index contributed by atoms with van der Waals surface area (Å²) in [5, 5.41) is 72.9. The third-order valence-electron chi connectivity index (χ3n) is 19.9. The number of aromatic nitrogens is 5. The maximum atomic E-state index is 13.2. The molecule has 0 saturated carbocycles. The molecule has 0 bridgehead atoms. The smallest absolute Gasteiger partial charge is 0.337 e. The molecule has 15 rings (SSSR count). The van der Waals surface area contributed by atoms with Gasteiger partial charge in [0.1, 0.15) is 50.7 Å². The molecule has 0 saturated heterocycles. The van der Waals surface area contributed by atoms with Gasteiger partial charge in [-0.2, -0.15) is 0 Å². The van der Waals surface area contributed by atoms with Crippen molar-refractivity contribution in [3.05, 3.63) is 409 Å². The second-order valence-electron chi connectivity index (χ2n) is 29.8. The molecular weight excluding hydrogens is 2110 g/mol. The molecule has 5 heterocycles. The largest absolute Gasteiger partial charge is 0.478 e. The second kappa shape index (κ2) is 53.7. The number of nitrogens with zero attached hydrogens (tertiary/aromatic N) is 5. The van der Waals surface area contributed by atoms with Crippen LogP contribution in [-0.4, -0.2) is 152 Å². The summed E-state index contributed by atoms with van der Waals surface area (Å²) in [5.74, 6) is -3.96. The van der Waals surface area contributed by atoms with Crippen molar-refractivity contribution in [2.75, 3.05) is 42.7 Å². The Morgan fingerprint density at radius 3 is 0.986 bits per heavy atom. The number of hydrogen-bond donors (Lipinski definition) is 7. The number of esters is 6. The average Bonchev–Trinajstić information content (AvgIpc) is 1.33. The van der Waals surface area contributed by atoms with Gasteiger partial charge in [0.2, 0.25) is 0 Å². The van der Waals surface area contributed by atoms with Gasteiger partial charge in [-0.15, -0.1) is 45.3 Å². The zero-order chi connectivity index (χ0) is 100. The van der Waals surface area contributed by atoms with Crippen molar-refractivity contribution < 1.29 is 102 Å². The molecule has 0 aliphatic carbocycles. The van der Waals surface area contributed by atoms with Gasteiger partial charge in [-0.3, -0.25) is 14.6 Å². The van der Waals surface area contributed by atoms with Crippen LogP contribution < -0.4 is 5.32 Å². The number of nitrogens with one attached hydrogen (secondary N) is 1. The van der Waals surface area contributed by atoms with Crippen LogP contribution in [0.1, 0.15) is 206 Å². The van der Waals surface area contributed by atoms with Crippen LogP contribution in [0.3, 0.4) is 0 Å². The Morgan fingerprint density at radius 1 is 0.348 bits per heavy atom. The number of carboxylic acid groups (broad SMARTS) is 1. The molecule has 0 radical (unpaired) electrons. The molecule has 35 heteroatoms. The van der Waals surface area contributed by atoms with E-state index in [-0.39, 0.29) is 24.1 Å². The Hall–Kier alpha value is -13.0. The van der Waals surface area contributed by atoms with Crippen molar-refractivity contribution in [1.29, 1.82) is 0 Å². The van der Waals surface area contributed by atoms with Gasteiger partial charge in [0, 0.05) is 87.2 Å². The molecule has 0 spiro atoms. The van der Waals surface area contributed by atoms with E-state index in [4.69, 9.17) is 9.84 Å². The number of carbonyl (C=O) groups is 9. The number of rotatable bonds is 23. The number of ether oxygens (including phenoxy) is 6. The average molecular weight is 2200 g/mol. The summed E-state index contributed by atoms with van der Waals surface area (Å²) in [7, 11) is 7.84. The molecule has 712 valence electrons. The Bertz CT molecular complexity index is 6630. The summed E-state index contributed by atoms with van der Waals surface area (Å²) in [6.45, 7) is 9.82. The van der Waals surface area contributed by atoms with Crippen molar-refractivity contribution in [1.82, 2.24) is 30.2 Å². The van der Waals surface area contributed by atoms with Gasteiger partial charge >= 0.3 is 41.8 Å². The van der Waals surface area contributed by atoms with Crippen molar-refractivity contribution in [2.24, 2.45) is 0 Å². The van der Waals surface area contributed by atoms with Crippen LogP contribution >= 0.6 is 109 Å². The van der Waals surface area contributed by atoms with Crippen molar-refractivity contribution in [2.45, 2.75) is 71.7 Å². The number of methoxy groups -OCH3 is 6. The molecule has 0 aliphatic heterocycles. The third kappa shape index (κ3) is 32.1. The van der Waals surface area contributed by atoms with Crippen LogP contribution in [0.5, 0.6) is 0 Å². The number of amides is 1. The lowest BCUT2D eigenvalue weighted by atomic mass is 9.96. The minimum absolute atomic E-state index is 0.0938. The lowest BCUT2D eigenvalue weighted by Gasteiger charge is -2.17. The zero-order valence-electron chi connectivity index (χ0n) is 75.8. The number of halogens is 4. The molecular formula is C103H92Br4N6O21S4. The van der Waals surface area contributed by atoms with Crippen molar-refractivity contribution >= 4 is 163 Å². The summed E-state index contributed by atoms with van der Waals surface area (Å²) in [4.78, 5) is 124. The molecule has 4 unspecified atom stereocenters. The summed E-state index contributed by atoms with van der Waals surface area (Å²) in [6, 6.07) is 62.6. The predicted molar refractivity (Wildman–Crippen MR) is 542 cm³/mol. The van der Waals surface area contributed by atoms with Crippen molar-refractivity contribution in [3.8, 4) is 33.4 Å². The number of aliphatic hydroxyl groups is 5. The molecule has 5 aromatic heterocycles. The van der Waals surface area contributed by atoms with Gasteiger partial charge in [-0.05, 0) is 235 Å². The highest BCUT2D eigenvalue weighted by atomic mass is 79.9. The zero-order valence-corrected chi connectivity index (χ0v) is 85.4. The molecule has 7 N–H and O–H groups in total. The summed E-state index contributed by atoms with van der Waals surface area (Å²) < 4.78 is 30.4. The summed E-state index contributed by atoms with van der Waals surface area (Å²) in [5.41, 5.74) is 16.9. The Labute approximate surface area is 844 Å². The number of thiazole rings is 4. The number of aldehydes is 1. The first kappa shape index (κ1) is 109. The topological polar surface area (TPSA) is 407 Å². The van der Waals surface area contributed by atoms with E-state index in [0.29, 0.717) is 112 Å². The molecule has 27 nitrogen and oxygen atoms in total. The Balaban J connectivity index is 0.000000185. The lowest BCUT2D eigenvalue weighted by Crippen LogP contribution is -2.27. The fourth-order valence-electron chi connectivity index (χ4n) is 12.8. The monoisotopic (exact) mass is 2190 g/mol. The van der Waals surface area contributed by atoms with Gasteiger partial charge in [0.05, 0.1) is 94.3 Å². The van der Waals surface area contributed by atoms with Crippen LogP contribution in [0, 0.1) is 27.7 Å². The maximum absolute atomic E-state index is 13.2. The van der Waals surface area contributed by atoms with E-state index in [1.165, 1.54) is 106 Å². The van der Waals surface area contributed by atoms with Gasteiger partial charge < -0.3 is 64.4 Å². The number of pyridine rings is 1. The summed E-state index contributed by atoms with van der Waals surface area (Å²) in [6.07, 6.45) is 5.46. The van der Waals surface area contributed by atoms with Gasteiger partial charge in [-0.25, -0.2) is 53.5 Å².